The average Bonchev–Trinajstić information content (AvgIpc) is 3.17. The van der Waals surface area contributed by atoms with Crippen LogP contribution in [0.3, 0.4) is 0 Å². The van der Waals surface area contributed by atoms with E-state index in [1.165, 1.54) is 13.8 Å². The van der Waals surface area contributed by atoms with Crippen LogP contribution in [-0.2, 0) is 33.8 Å². The van der Waals surface area contributed by atoms with Crippen molar-refractivity contribution in [1.29, 1.82) is 0 Å². The maximum absolute atomic E-state index is 12.7. The molecule has 0 aromatic carbocycles. The predicted molar refractivity (Wildman–Crippen MR) is 105 cm³/mol. The minimum Gasteiger partial charge on any atom is -0.480 e. The molecule has 0 saturated carbocycles. The van der Waals surface area contributed by atoms with E-state index in [4.69, 9.17) is 4.74 Å². The van der Waals surface area contributed by atoms with Gasteiger partial charge in [-0.05, 0) is 20.8 Å². The first-order valence-electron chi connectivity index (χ1n) is 8.64. The molecule has 3 saturated heterocycles. The van der Waals surface area contributed by atoms with Crippen molar-refractivity contribution >= 4 is 57.1 Å². The number of sulfone groups is 1. The number of hydrogen-bond donors (Lipinski definition) is 2. The lowest BCUT2D eigenvalue weighted by molar-refractivity contribution is -0.161. The quantitative estimate of drug-likeness (QED) is 0.245. The number of fused-ring (bicyclic) bond motifs is 1. The molecule has 13 heteroatoms. The van der Waals surface area contributed by atoms with E-state index in [1.807, 2.05) is 0 Å². The fraction of sp³-hybridized carbons (Fsp3) is 0.625. The van der Waals surface area contributed by atoms with Crippen molar-refractivity contribution in [3.05, 3.63) is 10.00 Å². The standard InChI is InChI=1S/C16H20N2O8S3/c1-7(15-27-4-5-28-15)26-9(20)6-8(19)17-10-12(21)18-11(14(22)23)16(2,3)29(24,25)13(10)18/h10-11,13H,4-6H2,1-3H3,(H,17,19)(H,22,23)/t10-,11?,13+/m1/s1. The van der Waals surface area contributed by atoms with Gasteiger partial charge in [0.1, 0.15) is 29.0 Å². The number of allylic oxidation sites excluding steroid dienone is 1. The average molecular weight is 465 g/mol. The highest BCUT2D eigenvalue weighted by molar-refractivity contribution is 8.25. The van der Waals surface area contributed by atoms with Gasteiger partial charge < -0.3 is 20.1 Å². The zero-order chi connectivity index (χ0) is 21.7. The molecule has 3 fully saturated rings. The van der Waals surface area contributed by atoms with Gasteiger partial charge in [0.2, 0.25) is 11.8 Å². The van der Waals surface area contributed by atoms with Gasteiger partial charge in [-0.2, -0.15) is 0 Å². The van der Waals surface area contributed by atoms with E-state index in [9.17, 15) is 32.7 Å². The van der Waals surface area contributed by atoms with Crippen LogP contribution in [0.25, 0.3) is 0 Å². The summed E-state index contributed by atoms with van der Waals surface area (Å²) in [6, 6.07) is -2.97. The summed E-state index contributed by atoms with van der Waals surface area (Å²) in [5, 5.41) is 10.1. The molecular formula is C16H20N2O8S3. The number of β-lactam (4-membered cyclic amide) rings is 1. The van der Waals surface area contributed by atoms with E-state index >= 15 is 0 Å². The second-order valence-corrected chi connectivity index (χ2v) is 12.4. The molecule has 3 heterocycles. The molecule has 0 aliphatic carbocycles. The van der Waals surface area contributed by atoms with Crippen molar-refractivity contribution in [2.45, 2.75) is 49.4 Å². The lowest BCUT2D eigenvalue weighted by atomic mass is 9.96. The Hall–Kier alpha value is -1.73. The SMILES string of the molecule is CC(OC(=O)CC(=O)N[C@@H]1C(=O)N2C(C(=O)O)C(C)(C)S(=O)(=O)[C@@H]12)=C1SCCS1. The summed E-state index contributed by atoms with van der Waals surface area (Å²) in [6.07, 6.45) is -0.692. The van der Waals surface area contributed by atoms with Gasteiger partial charge in [0.15, 0.2) is 15.2 Å². The van der Waals surface area contributed by atoms with Crippen molar-refractivity contribution in [2.24, 2.45) is 0 Å². The highest BCUT2D eigenvalue weighted by atomic mass is 32.2. The molecule has 0 aromatic heterocycles. The van der Waals surface area contributed by atoms with Crippen LogP contribution in [0.15, 0.2) is 10.00 Å². The van der Waals surface area contributed by atoms with Gasteiger partial charge in [-0.15, -0.1) is 23.5 Å². The Morgan fingerprint density at radius 3 is 2.41 bits per heavy atom. The number of thioether (sulfide) groups is 2. The molecule has 10 nitrogen and oxygen atoms in total. The van der Waals surface area contributed by atoms with Crippen LogP contribution in [0.4, 0.5) is 0 Å². The van der Waals surface area contributed by atoms with Crippen LogP contribution in [0.2, 0.25) is 0 Å². The van der Waals surface area contributed by atoms with Crippen LogP contribution < -0.4 is 5.32 Å². The fourth-order valence-corrected chi connectivity index (χ4v) is 8.13. The second kappa shape index (κ2) is 7.51. The van der Waals surface area contributed by atoms with Crippen LogP contribution >= 0.6 is 23.5 Å². The summed E-state index contributed by atoms with van der Waals surface area (Å²) in [7, 11) is -4.07. The minimum absolute atomic E-state index is 0.394. The summed E-state index contributed by atoms with van der Waals surface area (Å²) >= 11 is 3.09. The number of amides is 2. The van der Waals surface area contributed by atoms with Crippen molar-refractivity contribution in [3.8, 4) is 0 Å². The summed E-state index contributed by atoms with van der Waals surface area (Å²) in [6.45, 7) is 4.08. The first-order valence-corrected chi connectivity index (χ1v) is 12.2. The van der Waals surface area contributed by atoms with Crippen molar-refractivity contribution in [2.75, 3.05) is 11.5 Å². The van der Waals surface area contributed by atoms with Gasteiger partial charge in [0.05, 0.1) is 4.24 Å². The summed E-state index contributed by atoms with van der Waals surface area (Å²) in [5.41, 5.74) is 0. The molecule has 0 aromatic rings. The van der Waals surface area contributed by atoms with Crippen molar-refractivity contribution in [1.82, 2.24) is 10.2 Å². The van der Waals surface area contributed by atoms with Gasteiger partial charge in [-0.1, -0.05) is 0 Å². The maximum atomic E-state index is 12.7. The molecule has 3 rings (SSSR count). The number of carboxylic acids is 1. The van der Waals surface area contributed by atoms with Crippen molar-refractivity contribution < 1.29 is 37.4 Å². The Labute approximate surface area is 175 Å². The van der Waals surface area contributed by atoms with Crippen LogP contribution in [-0.4, -0.2) is 75.9 Å². The Bertz CT molecular complexity index is 918. The van der Waals surface area contributed by atoms with Gasteiger partial charge in [0, 0.05) is 11.5 Å². The fourth-order valence-electron chi connectivity index (χ4n) is 3.56. The molecule has 0 spiro atoms. The largest absolute Gasteiger partial charge is 0.480 e. The number of aliphatic carboxylic acids is 1. The smallest absolute Gasteiger partial charge is 0.328 e. The highest BCUT2D eigenvalue weighted by Crippen LogP contribution is 2.46. The molecule has 160 valence electrons. The Balaban J connectivity index is 1.66. The summed E-state index contributed by atoms with van der Waals surface area (Å²) in [4.78, 5) is 48.8. The molecule has 0 radical (unpaired) electrons. The lowest BCUT2D eigenvalue weighted by Gasteiger charge is -2.42. The summed E-state index contributed by atoms with van der Waals surface area (Å²) in [5.74, 6) is -1.75. The number of ether oxygens (including phenoxy) is 1. The number of esters is 1. The summed E-state index contributed by atoms with van der Waals surface area (Å²) < 4.78 is 29.7. The molecule has 2 N–H and O–H groups in total. The normalized spacial score (nSPS) is 29.1. The molecular weight excluding hydrogens is 444 g/mol. The molecule has 0 bridgehead atoms. The van der Waals surface area contributed by atoms with Gasteiger partial charge in [0.25, 0.3) is 0 Å². The van der Waals surface area contributed by atoms with Gasteiger partial charge in [-0.25, -0.2) is 13.2 Å². The lowest BCUT2D eigenvalue weighted by Crippen LogP contribution is -2.72. The number of carbonyl (C=O) groups excluding carboxylic acids is 3. The zero-order valence-electron chi connectivity index (χ0n) is 15.8. The van der Waals surface area contributed by atoms with Gasteiger partial charge >= 0.3 is 11.9 Å². The number of nitrogens with zero attached hydrogens (tertiary/aromatic N) is 1. The third-order valence-electron chi connectivity index (χ3n) is 5.03. The highest BCUT2D eigenvalue weighted by Gasteiger charge is 2.72. The van der Waals surface area contributed by atoms with E-state index in [0.29, 0.717) is 5.76 Å². The van der Waals surface area contributed by atoms with E-state index in [1.54, 1.807) is 30.4 Å². The second-order valence-electron chi connectivity index (χ2n) is 7.26. The Morgan fingerprint density at radius 1 is 1.28 bits per heavy atom. The molecule has 3 aliphatic heterocycles. The Kier molecular flexibility index (Phi) is 5.69. The predicted octanol–water partition coefficient (Wildman–Crippen LogP) is -0.0980. The first kappa shape index (κ1) is 22.0. The third-order valence-corrected chi connectivity index (χ3v) is 10.7. The molecule has 1 unspecified atom stereocenters. The molecule has 3 aliphatic rings. The van der Waals surface area contributed by atoms with Crippen molar-refractivity contribution in [3.63, 3.8) is 0 Å². The topological polar surface area (TPSA) is 147 Å². The van der Waals surface area contributed by atoms with E-state index in [-0.39, 0.29) is 0 Å². The molecule has 3 atom stereocenters. The van der Waals surface area contributed by atoms with Crippen LogP contribution in [0.5, 0.6) is 0 Å². The minimum atomic E-state index is -4.07. The van der Waals surface area contributed by atoms with E-state index in [0.717, 1.165) is 20.6 Å². The third kappa shape index (κ3) is 3.52. The van der Waals surface area contributed by atoms with E-state index in [2.05, 4.69) is 5.32 Å². The Morgan fingerprint density at radius 2 is 1.86 bits per heavy atom. The van der Waals surface area contributed by atoms with Crippen LogP contribution in [0.1, 0.15) is 27.2 Å². The zero-order valence-corrected chi connectivity index (χ0v) is 18.3. The number of hydrogen-bond acceptors (Lipinski definition) is 9. The molecule has 2 amide bonds. The first-order chi connectivity index (χ1) is 13.4. The number of nitrogens with one attached hydrogen (secondary N) is 1. The number of rotatable bonds is 5. The van der Waals surface area contributed by atoms with Crippen LogP contribution in [0, 0.1) is 0 Å². The maximum Gasteiger partial charge on any atom is 0.328 e. The molecule has 29 heavy (non-hydrogen) atoms. The number of carbonyl (C=O) groups is 4. The van der Waals surface area contributed by atoms with E-state index < -0.39 is 62.2 Å². The van der Waals surface area contributed by atoms with Gasteiger partial charge in [-0.3, -0.25) is 14.4 Å². The number of carboxylic acid groups (broad SMARTS) is 1. The monoisotopic (exact) mass is 464 g/mol.